The zero-order valence-corrected chi connectivity index (χ0v) is 18.4. The zero-order chi connectivity index (χ0) is 23.6. The number of hydrogen-bond donors (Lipinski definition) is 4. The molecule has 12 nitrogen and oxygen atoms in total. The minimum Gasteiger partial charge on any atom is -0.480 e. The largest absolute Gasteiger partial charge is 0.480 e. The molecule has 4 N–H and O–H groups in total. The number of carboxylic acids is 1. The third-order valence-electron chi connectivity index (χ3n) is 3.37. The standard InChI is InChI=1S/C18H26N4O8S/c1-10(24)13(16(27)28)21-15(26)14(11-8-31-17(20-11)19-9-23)22-29-7-5-6-12(25)30-18(2,3)4/h8-10,13,24H,5-7H2,1-4H3,(H,21,26)(H,27,28)(H,19,20,23). The maximum absolute atomic E-state index is 12.6. The van der Waals surface area contributed by atoms with Crippen LogP contribution >= 0.6 is 11.3 Å². The molecule has 0 saturated carbocycles. The third kappa shape index (κ3) is 9.53. The van der Waals surface area contributed by atoms with Crippen molar-refractivity contribution in [2.75, 3.05) is 11.9 Å². The molecule has 172 valence electrons. The summed E-state index contributed by atoms with van der Waals surface area (Å²) in [5.74, 6) is -2.81. The summed E-state index contributed by atoms with van der Waals surface area (Å²) in [6.07, 6.45) is -0.643. The first-order valence-electron chi connectivity index (χ1n) is 9.24. The highest BCUT2D eigenvalue weighted by Crippen LogP contribution is 2.16. The van der Waals surface area contributed by atoms with Gasteiger partial charge in [-0.15, -0.1) is 11.3 Å². The molecule has 1 heterocycles. The Morgan fingerprint density at radius 1 is 1.35 bits per heavy atom. The van der Waals surface area contributed by atoms with Gasteiger partial charge in [0.1, 0.15) is 17.9 Å². The molecule has 31 heavy (non-hydrogen) atoms. The second-order valence-corrected chi connectivity index (χ2v) is 8.15. The molecular formula is C18H26N4O8S. The van der Waals surface area contributed by atoms with Crippen LogP contribution in [-0.4, -0.2) is 69.5 Å². The quantitative estimate of drug-likeness (QED) is 0.114. The third-order valence-corrected chi connectivity index (χ3v) is 4.15. The number of carbonyl (C=O) groups is 4. The molecule has 0 radical (unpaired) electrons. The highest BCUT2D eigenvalue weighted by molar-refractivity contribution is 7.14. The van der Waals surface area contributed by atoms with Gasteiger partial charge in [-0.1, -0.05) is 5.16 Å². The normalized spacial score (nSPS) is 13.6. The number of oxime groups is 1. The lowest BCUT2D eigenvalue weighted by atomic mass is 10.1. The van der Waals surface area contributed by atoms with Crippen molar-refractivity contribution in [1.82, 2.24) is 10.3 Å². The molecule has 0 aliphatic carbocycles. The summed E-state index contributed by atoms with van der Waals surface area (Å²) < 4.78 is 5.17. The predicted octanol–water partition coefficient (Wildman–Crippen LogP) is 0.504. The fourth-order valence-electron chi connectivity index (χ4n) is 2.09. The zero-order valence-electron chi connectivity index (χ0n) is 17.6. The molecular weight excluding hydrogens is 432 g/mol. The van der Waals surface area contributed by atoms with Crippen molar-refractivity contribution >= 4 is 46.4 Å². The number of carboxylic acid groups (broad SMARTS) is 1. The summed E-state index contributed by atoms with van der Waals surface area (Å²) in [6.45, 7) is 6.41. The van der Waals surface area contributed by atoms with E-state index in [0.29, 0.717) is 6.41 Å². The van der Waals surface area contributed by atoms with Crippen LogP contribution in [0.5, 0.6) is 0 Å². The Morgan fingerprint density at radius 2 is 2.03 bits per heavy atom. The lowest BCUT2D eigenvalue weighted by molar-refractivity contribution is -0.155. The van der Waals surface area contributed by atoms with Crippen LogP contribution in [0.25, 0.3) is 0 Å². The Balaban J connectivity index is 2.87. The fraction of sp³-hybridized carbons (Fsp3) is 0.556. The van der Waals surface area contributed by atoms with Crippen molar-refractivity contribution in [1.29, 1.82) is 0 Å². The first-order chi connectivity index (χ1) is 14.4. The Bertz CT molecular complexity index is 816. The smallest absolute Gasteiger partial charge is 0.328 e. The molecule has 0 spiro atoms. The van der Waals surface area contributed by atoms with Gasteiger partial charge in [0.25, 0.3) is 5.91 Å². The van der Waals surface area contributed by atoms with E-state index >= 15 is 0 Å². The van der Waals surface area contributed by atoms with Crippen LogP contribution < -0.4 is 10.6 Å². The molecule has 0 fully saturated rings. The van der Waals surface area contributed by atoms with Gasteiger partial charge in [-0.25, -0.2) is 9.78 Å². The molecule has 2 atom stereocenters. The number of carbonyl (C=O) groups excluding carboxylic acids is 3. The maximum atomic E-state index is 12.6. The number of hydrogen-bond acceptors (Lipinski definition) is 10. The Labute approximate surface area is 182 Å². The van der Waals surface area contributed by atoms with E-state index in [1.54, 1.807) is 20.8 Å². The van der Waals surface area contributed by atoms with Crippen LogP contribution in [0.3, 0.4) is 0 Å². The van der Waals surface area contributed by atoms with E-state index in [1.165, 1.54) is 12.3 Å². The van der Waals surface area contributed by atoms with E-state index in [0.717, 1.165) is 11.3 Å². The number of amides is 2. The summed E-state index contributed by atoms with van der Waals surface area (Å²) in [5.41, 5.74) is -0.947. The summed E-state index contributed by atoms with van der Waals surface area (Å²) in [7, 11) is 0. The van der Waals surface area contributed by atoms with Gasteiger partial charge in [0, 0.05) is 11.8 Å². The van der Waals surface area contributed by atoms with Crippen molar-refractivity contribution in [2.45, 2.75) is 58.3 Å². The number of esters is 1. The SMILES string of the molecule is CC(O)C(NC(=O)C(=NOCCCC(=O)OC(C)(C)C)c1csc(NC=O)n1)C(=O)O. The van der Waals surface area contributed by atoms with E-state index in [2.05, 4.69) is 20.8 Å². The van der Waals surface area contributed by atoms with Crippen molar-refractivity contribution < 1.29 is 39.0 Å². The van der Waals surface area contributed by atoms with Crippen LogP contribution in [0.15, 0.2) is 10.5 Å². The van der Waals surface area contributed by atoms with Gasteiger partial charge in [-0.3, -0.25) is 14.4 Å². The van der Waals surface area contributed by atoms with E-state index in [-0.39, 0.29) is 36.0 Å². The van der Waals surface area contributed by atoms with Crippen molar-refractivity contribution in [3.05, 3.63) is 11.1 Å². The van der Waals surface area contributed by atoms with Gasteiger partial charge >= 0.3 is 11.9 Å². The Kier molecular flexibility index (Phi) is 10.0. The van der Waals surface area contributed by atoms with Gasteiger partial charge in [0.2, 0.25) is 6.41 Å². The van der Waals surface area contributed by atoms with Gasteiger partial charge in [-0.05, 0) is 34.1 Å². The van der Waals surface area contributed by atoms with Gasteiger partial charge < -0.3 is 30.4 Å². The van der Waals surface area contributed by atoms with Crippen LogP contribution in [-0.2, 0) is 28.8 Å². The second kappa shape index (κ2) is 12.0. The van der Waals surface area contributed by atoms with Crippen molar-refractivity contribution in [3.63, 3.8) is 0 Å². The number of nitrogens with one attached hydrogen (secondary N) is 2. The van der Waals surface area contributed by atoms with E-state index in [1.807, 2.05) is 0 Å². The van der Waals surface area contributed by atoms with Gasteiger partial charge in [0.15, 0.2) is 16.9 Å². The minimum atomic E-state index is -1.59. The minimum absolute atomic E-state index is 0.0220. The van der Waals surface area contributed by atoms with Gasteiger partial charge in [-0.2, -0.15) is 0 Å². The molecule has 1 rings (SSSR count). The summed E-state index contributed by atoms with van der Waals surface area (Å²) in [6, 6.07) is -1.59. The Hall–Kier alpha value is -3.06. The van der Waals surface area contributed by atoms with Crippen molar-refractivity contribution in [3.8, 4) is 0 Å². The molecule has 2 unspecified atom stereocenters. The average molecular weight is 458 g/mol. The number of ether oxygens (including phenoxy) is 1. The number of thiazole rings is 1. The van der Waals surface area contributed by atoms with Crippen LogP contribution in [0.1, 0.15) is 46.2 Å². The molecule has 0 bridgehead atoms. The highest BCUT2D eigenvalue weighted by Gasteiger charge is 2.29. The lowest BCUT2D eigenvalue weighted by Crippen LogP contribution is -2.50. The fourth-order valence-corrected chi connectivity index (χ4v) is 2.74. The van der Waals surface area contributed by atoms with Crippen molar-refractivity contribution in [2.24, 2.45) is 5.16 Å². The molecule has 0 aliphatic heterocycles. The van der Waals surface area contributed by atoms with Crippen LogP contribution in [0.4, 0.5) is 5.13 Å². The number of rotatable bonds is 12. The molecule has 1 aromatic heterocycles. The number of anilines is 1. The topological polar surface area (TPSA) is 177 Å². The summed E-state index contributed by atoms with van der Waals surface area (Å²) >= 11 is 1.01. The predicted molar refractivity (Wildman–Crippen MR) is 111 cm³/mol. The summed E-state index contributed by atoms with van der Waals surface area (Å²) in [5, 5.41) is 28.5. The first-order valence-corrected chi connectivity index (χ1v) is 10.1. The van der Waals surface area contributed by atoms with Gasteiger partial charge in [0.05, 0.1) is 6.10 Å². The number of aliphatic hydroxyl groups is 1. The molecule has 13 heteroatoms. The molecule has 2 amide bonds. The molecule has 0 saturated heterocycles. The molecule has 0 aromatic carbocycles. The number of aliphatic hydroxyl groups excluding tert-OH is 1. The first kappa shape index (κ1) is 26.0. The monoisotopic (exact) mass is 458 g/mol. The van der Waals surface area contributed by atoms with E-state index in [9.17, 15) is 24.3 Å². The number of aromatic nitrogens is 1. The summed E-state index contributed by atoms with van der Waals surface area (Å²) in [4.78, 5) is 55.2. The molecule has 0 aliphatic rings. The molecule has 1 aromatic rings. The van der Waals surface area contributed by atoms with Crippen LogP contribution in [0.2, 0.25) is 0 Å². The lowest BCUT2D eigenvalue weighted by Gasteiger charge is -2.19. The Morgan fingerprint density at radius 3 is 2.58 bits per heavy atom. The highest BCUT2D eigenvalue weighted by atomic mass is 32.1. The van der Waals surface area contributed by atoms with Crippen LogP contribution in [0, 0.1) is 0 Å². The second-order valence-electron chi connectivity index (χ2n) is 7.29. The van der Waals surface area contributed by atoms with E-state index < -0.39 is 35.6 Å². The number of aliphatic carboxylic acids is 1. The average Bonchev–Trinajstić information content (AvgIpc) is 3.08. The number of nitrogens with zero attached hydrogens (tertiary/aromatic N) is 2. The van der Waals surface area contributed by atoms with E-state index in [4.69, 9.17) is 14.7 Å². The maximum Gasteiger partial charge on any atom is 0.328 e.